The van der Waals surface area contributed by atoms with E-state index in [0.717, 1.165) is 0 Å². The Morgan fingerprint density at radius 2 is 1.24 bits per heavy atom. The summed E-state index contributed by atoms with van der Waals surface area (Å²) in [5.41, 5.74) is 1.06. The first-order valence-corrected chi connectivity index (χ1v) is 8.46. The van der Waals surface area contributed by atoms with Crippen LogP contribution in [0, 0.1) is 0 Å². The maximum Gasteiger partial charge on any atom is 0.142 e. The average molecular weight is 363 g/mol. The molecular weight excluding hydrogens is 336 g/mol. The van der Waals surface area contributed by atoms with Gasteiger partial charge in [-0.05, 0) is 6.07 Å². The van der Waals surface area contributed by atoms with E-state index in [-0.39, 0.29) is 16.5 Å². The van der Waals surface area contributed by atoms with Crippen molar-refractivity contribution >= 4 is 11.6 Å². The average Bonchev–Trinajstić information content (AvgIpc) is 2.57. The smallest absolute Gasteiger partial charge is 0.142 e. The van der Waals surface area contributed by atoms with Crippen molar-refractivity contribution in [2.75, 3.05) is 26.2 Å². The zero-order chi connectivity index (χ0) is 18.8. The minimum Gasteiger partial charge on any atom is -0.507 e. The van der Waals surface area contributed by atoms with E-state index >= 15 is 0 Å². The summed E-state index contributed by atoms with van der Waals surface area (Å²) in [6, 6.07) is 1.60. The van der Waals surface area contributed by atoms with Crippen molar-refractivity contribution in [1.29, 1.82) is 0 Å². The molecule has 0 aromatic heterocycles. The third kappa shape index (κ3) is 6.09. The number of hydrogen-bond donors (Lipinski definition) is 2. The first-order valence-electron chi connectivity index (χ1n) is 8.08. The molecule has 0 amide bonds. The van der Waals surface area contributed by atoms with Crippen LogP contribution in [0.15, 0.2) is 56.7 Å². The molecule has 0 heterocycles. The molecule has 0 unspecified atom stereocenters. The highest BCUT2D eigenvalue weighted by Gasteiger charge is 2.19. The molecule has 0 saturated carbocycles. The fourth-order valence-corrected chi connectivity index (χ4v) is 2.86. The second kappa shape index (κ2) is 10.8. The molecule has 0 aliphatic rings. The van der Waals surface area contributed by atoms with Crippen LogP contribution >= 0.6 is 11.6 Å². The highest BCUT2D eigenvalue weighted by Crippen LogP contribution is 2.38. The predicted octanol–water partition coefficient (Wildman–Crippen LogP) is 4.10. The molecule has 0 radical (unpaired) electrons. The van der Waals surface area contributed by atoms with E-state index in [9.17, 15) is 10.2 Å². The molecule has 0 atom stereocenters. The molecule has 1 rings (SSSR count). The van der Waals surface area contributed by atoms with Crippen LogP contribution in [0.3, 0.4) is 0 Å². The summed E-state index contributed by atoms with van der Waals surface area (Å²) >= 11 is 6.19. The highest BCUT2D eigenvalue weighted by molar-refractivity contribution is 6.32. The first-order chi connectivity index (χ1) is 12.0. The Hall–Kier alpha value is -2.01. The maximum atomic E-state index is 10.7. The summed E-state index contributed by atoms with van der Waals surface area (Å²) in [6.07, 6.45) is 7.11. The molecule has 5 heteroatoms. The Morgan fingerprint density at radius 3 is 1.68 bits per heavy atom. The van der Waals surface area contributed by atoms with Gasteiger partial charge in [0.25, 0.3) is 0 Å². The lowest BCUT2D eigenvalue weighted by molar-refractivity contribution is 0.303. The fourth-order valence-electron chi connectivity index (χ4n) is 2.61. The Kier molecular flexibility index (Phi) is 9.06. The molecule has 1 aromatic rings. The van der Waals surface area contributed by atoms with Crippen LogP contribution in [0.25, 0.3) is 0 Å². The van der Waals surface area contributed by atoms with Gasteiger partial charge in [0.1, 0.15) is 11.5 Å². The van der Waals surface area contributed by atoms with Crippen LogP contribution in [-0.2, 0) is 13.1 Å². The van der Waals surface area contributed by atoms with E-state index in [1.165, 1.54) is 0 Å². The van der Waals surface area contributed by atoms with Gasteiger partial charge >= 0.3 is 0 Å². The molecule has 4 nitrogen and oxygen atoms in total. The first kappa shape index (κ1) is 21.0. The van der Waals surface area contributed by atoms with Crippen molar-refractivity contribution in [2.24, 2.45) is 0 Å². The summed E-state index contributed by atoms with van der Waals surface area (Å²) in [5, 5.41) is 21.2. The van der Waals surface area contributed by atoms with Crippen molar-refractivity contribution in [3.8, 4) is 11.5 Å². The van der Waals surface area contributed by atoms with Gasteiger partial charge in [-0.2, -0.15) is 0 Å². The third-order valence-electron chi connectivity index (χ3n) is 3.73. The lowest BCUT2D eigenvalue weighted by Gasteiger charge is -2.24. The molecule has 0 aliphatic carbocycles. The second-order valence-electron chi connectivity index (χ2n) is 5.74. The molecule has 25 heavy (non-hydrogen) atoms. The SMILES string of the molecule is C=CCN(CC=C)Cc1cc(Cl)c(O)c(CN(CC=C)CC=C)c1O. The monoisotopic (exact) mass is 362 g/mol. The zero-order valence-corrected chi connectivity index (χ0v) is 15.4. The van der Waals surface area contributed by atoms with Crippen molar-refractivity contribution in [3.63, 3.8) is 0 Å². The minimum absolute atomic E-state index is 0.0538. The topological polar surface area (TPSA) is 46.9 Å². The standard InChI is InChI=1S/C20H27ClN2O2/c1-5-9-22(10-6-2)14-16-13-18(21)20(25)17(19(16)24)15-23(11-7-3)12-8-4/h5-8,13,24-25H,1-4,9-12,14-15H2. The number of rotatable bonds is 12. The van der Waals surface area contributed by atoms with E-state index in [4.69, 9.17) is 11.6 Å². The van der Waals surface area contributed by atoms with E-state index in [1.807, 2.05) is 4.90 Å². The largest absolute Gasteiger partial charge is 0.507 e. The van der Waals surface area contributed by atoms with Gasteiger partial charge in [0, 0.05) is 44.8 Å². The van der Waals surface area contributed by atoms with Crippen LogP contribution in [0.4, 0.5) is 0 Å². The van der Waals surface area contributed by atoms with Crippen molar-refractivity contribution in [1.82, 2.24) is 9.80 Å². The third-order valence-corrected chi connectivity index (χ3v) is 4.02. The van der Waals surface area contributed by atoms with Crippen LogP contribution in [-0.4, -0.2) is 46.2 Å². The lowest BCUT2D eigenvalue weighted by Crippen LogP contribution is -2.25. The van der Waals surface area contributed by atoms with Crippen LogP contribution in [0.2, 0.25) is 5.02 Å². The number of halogens is 1. The molecule has 1 aromatic carbocycles. The number of phenolic OH excluding ortho intramolecular Hbond substituents is 2. The molecule has 0 bridgehead atoms. The normalized spacial score (nSPS) is 10.8. The maximum absolute atomic E-state index is 10.7. The van der Waals surface area contributed by atoms with Gasteiger partial charge in [0.2, 0.25) is 0 Å². The van der Waals surface area contributed by atoms with Gasteiger partial charge in [-0.1, -0.05) is 35.9 Å². The van der Waals surface area contributed by atoms with E-state index in [1.54, 1.807) is 30.4 Å². The molecular formula is C20H27ClN2O2. The zero-order valence-electron chi connectivity index (χ0n) is 14.6. The summed E-state index contributed by atoms with van der Waals surface area (Å²) in [6.45, 7) is 18.3. The highest BCUT2D eigenvalue weighted by atomic mass is 35.5. The predicted molar refractivity (Wildman–Crippen MR) is 106 cm³/mol. The summed E-state index contributed by atoms with van der Waals surface area (Å²) < 4.78 is 0. The Morgan fingerprint density at radius 1 is 0.800 bits per heavy atom. The van der Waals surface area contributed by atoms with Gasteiger partial charge in [-0.25, -0.2) is 0 Å². The van der Waals surface area contributed by atoms with Crippen molar-refractivity contribution in [3.05, 3.63) is 72.8 Å². The van der Waals surface area contributed by atoms with E-state index in [0.29, 0.717) is 50.4 Å². The second-order valence-corrected chi connectivity index (χ2v) is 6.14. The van der Waals surface area contributed by atoms with Crippen LogP contribution in [0.1, 0.15) is 11.1 Å². The van der Waals surface area contributed by atoms with Crippen molar-refractivity contribution in [2.45, 2.75) is 13.1 Å². The molecule has 0 saturated heterocycles. The van der Waals surface area contributed by atoms with Gasteiger partial charge in [-0.15, -0.1) is 26.3 Å². The van der Waals surface area contributed by atoms with E-state index < -0.39 is 0 Å². The van der Waals surface area contributed by atoms with Gasteiger partial charge in [0.05, 0.1) is 10.6 Å². The fraction of sp³-hybridized carbons (Fsp3) is 0.300. The molecule has 0 fully saturated rings. The van der Waals surface area contributed by atoms with Crippen LogP contribution in [0.5, 0.6) is 11.5 Å². The molecule has 0 aliphatic heterocycles. The summed E-state index contributed by atoms with van der Waals surface area (Å²) in [4.78, 5) is 4.04. The van der Waals surface area contributed by atoms with Gasteiger partial charge in [0.15, 0.2) is 0 Å². The van der Waals surface area contributed by atoms with Gasteiger partial charge in [-0.3, -0.25) is 9.80 Å². The number of hydrogen-bond acceptors (Lipinski definition) is 4. The van der Waals surface area contributed by atoms with Crippen LogP contribution < -0.4 is 0 Å². The Balaban J connectivity index is 3.18. The van der Waals surface area contributed by atoms with Gasteiger partial charge < -0.3 is 10.2 Å². The quantitative estimate of drug-likeness (QED) is 0.549. The molecule has 2 N–H and O–H groups in total. The lowest BCUT2D eigenvalue weighted by atomic mass is 10.1. The Bertz CT molecular complexity index is 609. The summed E-state index contributed by atoms with van der Waals surface area (Å²) in [7, 11) is 0. The van der Waals surface area contributed by atoms with Crippen molar-refractivity contribution < 1.29 is 10.2 Å². The minimum atomic E-state index is -0.0972. The number of benzene rings is 1. The Labute approximate surface area is 155 Å². The number of aromatic hydroxyl groups is 2. The molecule has 0 spiro atoms. The molecule has 136 valence electrons. The number of phenols is 2. The van der Waals surface area contributed by atoms with E-state index in [2.05, 4.69) is 31.2 Å². The summed E-state index contributed by atoms with van der Waals surface area (Å²) in [5.74, 6) is -0.0434. The number of nitrogens with zero attached hydrogens (tertiary/aromatic N) is 2.